The van der Waals surface area contributed by atoms with Crippen LogP contribution in [0.4, 0.5) is 5.69 Å². The summed E-state index contributed by atoms with van der Waals surface area (Å²) in [6, 6.07) is 7.06. The third-order valence-corrected chi connectivity index (χ3v) is 3.62. The molecule has 2 rings (SSSR count). The van der Waals surface area contributed by atoms with Crippen molar-refractivity contribution in [2.24, 2.45) is 0 Å². The number of nitrogens with one attached hydrogen (secondary N) is 1. The van der Waals surface area contributed by atoms with Crippen molar-refractivity contribution >= 4 is 17.5 Å². The Morgan fingerprint density at radius 2 is 1.90 bits per heavy atom. The summed E-state index contributed by atoms with van der Waals surface area (Å²) in [5, 5.41) is 2.87. The van der Waals surface area contributed by atoms with Gasteiger partial charge in [-0.1, -0.05) is 12.5 Å². The average Bonchev–Trinajstić information content (AvgIpc) is 2.47. The molecule has 1 heterocycles. The molecule has 0 unspecified atom stereocenters. The standard InChI is InChI=1S/C16H23N3O2/c1-18(2)16(21)13-7-6-8-14(11-13)17-15(20)12-19-9-4-3-5-10-19/h6-8,11H,3-5,9-10,12H2,1-2H3,(H,17,20). The number of benzene rings is 1. The average molecular weight is 289 g/mol. The van der Waals surface area contributed by atoms with Crippen LogP contribution in [0.3, 0.4) is 0 Å². The van der Waals surface area contributed by atoms with Crippen LogP contribution in [0.5, 0.6) is 0 Å². The summed E-state index contributed by atoms with van der Waals surface area (Å²) in [6.45, 7) is 2.41. The quantitative estimate of drug-likeness (QED) is 0.920. The van der Waals surface area contributed by atoms with Crippen molar-refractivity contribution in [2.45, 2.75) is 19.3 Å². The SMILES string of the molecule is CN(C)C(=O)c1cccc(NC(=O)CN2CCCCC2)c1. The van der Waals surface area contributed by atoms with Crippen molar-refractivity contribution in [1.82, 2.24) is 9.80 Å². The van der Waals surface area contributed by atoms with Gasteiger partial charge >= 0.3 is 0 Å². The van der Waals surface area contributed by atoms with Gasteiger partial charge in [-0.2, -0.15) is 0 Å². The number of anilines is 1. The second-order valence-corrected chi connectivity index (χ2v) is 5.67. The van der Waals surface area contributed by atoms with E-state index in [1.807, 2.05) is 0 Å². The van der Waals surface area contributed by atoms with Gasteiger partial charge in [0.05, 0.1) is 6.54 Å². The molecule has 0 aliphatic carbocycles. The molecule has 114 valence electrons. The third-order valence-electron chi connectivity index (χ3n) is 3.62. The summed E-state index contributed by atoms with van der Waals surface area (Å²) in [7, 11) is 3.42. The molecule has 1 saturated heterocycles. The van der Waals surface area contributed by atoms with Crippen LogP contribution >= 0.6 is 0 Å². The number of hydrogen-bond donors (Lipinski definition) is 1. The van der Waals surface area contributed by atoms with Crippen molar-refractivity contribution in [3.05, 3.63) is 29.8 Å². The van der Waals surface area contributed by atoms with Crippen molar-refractivity contribution < 1.29 is 9.59 Å². The maximum Gasteiger partial charge on any atom is 0.253 e. The molecule has 1 aliphatic heterocycles. The molecule has 5 heteroatoms. The molecule has 0 aromatic heterocycles. The Balaban J connectivity index is 1.94. The lowest BCUT2D eigenvalue weighted by Gasteiger charge is -2.25. The van der Waals surface area contributed by atoms with E-state index in [9.17, 15) is 9.59 Å². The van der Waals surface area contributed by atoms with Crippen LogP contribution in [0.2, 0.25) is 0 Å². The summed E-state index contributed by atoms with van der Waals surface area (Å²) >= 11 is 0. The molecule has 2 amide bonds. The van der Waals surface area contributed by atoms with Crippen LogP contribution < -0.4 is 5.32 Å². The first kappa shape index (κ1) is 15.5. The van der Waals surface area contributed by atoms with Gasteiger partial charge < -0.3 is 10.2 Å². The zero-order valence-corrected chi connectivity index (χ0v) is 12.8. The fourth-order valence-electron chi connectivity index (χ4n) is 2.51. The predicted molar refractivity (Wildman–Crippen MR) is 83.4 cm³/mol. The molecule has 1 aromatic carbocycles. The number of carbonyl (C=O) groups excluding carboxylic acids is 2. The van der Waals surface area contributed by atoms with Gasteiger partial charge in [0.25, 0.3) is 5.91 Å². The molecule has 1 aliphatic rings. The highest BCUT2D eigenvalue weighted by Crippen LogP contribution is 2.13. The third kappa shape index (κ3) is 4.56. The molecule has 0 atom stereocenters. The minimum Gasteiger partial charge on any atom is -0.345 e. The largest absolute Gasteiger partial charge is 0.345 e. The number of likely N-dealkylation sites (tertiary alicyclic amines) is 1. The van der Waals surface area contributed by atoms with Gasteiger partial charge in [0.2, 0.25) is 5.91 Å². The minimum atomic E-state index is -0.0675. The Bertz CT molecular complexity index is 508. The molecular formula is C16H23N3O2. The minimum absolute atomic E-state index is 0.0219. The second-order valence-electron chi connectivity index (χ2n) is 5.67. The monoisotopic (exact) mass is 289 g/mol. The van der Waals surface area contributed by atoms with Crippen molar-refractivity contribution in [1.29, 1.82) is 0 Å². The second kappa shape index (κ2) is 7.22. The molecule has 0 bridgehead atoms. The Labute approximate surface area is 125 Å². The first-order chi connectivity index (χ1) is 10.1. The molecule has 21 heavy (non-hydrogen) atoms. The van der Waals surface area contributed by atoms with Crippen LogP contribution in [-0.4, -0.2) is 55.3 Å². The zero-order chi connectivity index (χ0) is 15.2. The van der Waals surface area contributed by atoms with Crippen LogP contribution in [0.1, 0.15) is 29.6 Å². The number of amides is 2. The predicted octanol–water partition coefficient (Wildman–Crippen LogP) is 1.81. The number of nitrogens with zero attached hydrogens (tertiary/aromatic N) is 2. The molecular weight excluding hydrogens is 266 g/mol. The summed E-state index contributed by atoms with van der Waals surface area (Å²) in [5.41, 5.74) is 1.25. The van der Waals surface area contributed by atoms with Crippen molar-refractivity contribution in [3.8, 4) is 0 Å². The van der Waals surface area contributed by atoms with E-state index in [1.54, 1.807) is 38.4 Å². The van der Waals surface area contributed by atoms with Gasteiger partial charge in [0, 0.05) is 25.3 Å². The Hall–Kier alpha value is -1.88. The van der Waals surface area contributed by atoms with E-state index >= 15 is 0 Å². The molecule has 1 N–H and O–H groups in total. The highest BCUT2D eigenvalue weighted by molar-refractivity contribution is 5.97. The molecule has 0 spiro atoms. The summed E-state index contributed by atoms with van der Waals surface area (Å²) in [5.74, 6) is -0.0894. The normalized spacial score (nSPS) is 15.5. The van der Waals surface area contributed by atoms with Crippen LogP contribution in [0.25, 0.3) is 0 Å². The topological polar surface area (TPSA) is 52.7 Å². The number of rotatable bonds is 4. The van der Waals surface area contributed by atoms with E-state index in [0.29, 0.717) is 17.8 Å². The zero-order valence-electron chi connectivity index (χ0n) is 12.8. The van der Waals surface area contributed by atoms with Gasteiger partial charge in [-0.15, -0.1) is 0 Å². The van der Waals surface area contributed by atoms with Gasteiger partial charge in [0.1, 0.15) is 0 Å². The molecule has 1 fully saturated rings. The summed E-state index contributed by atoms with van der Waals surface area (Å²) in [6.07, 6.45) is 3.59. The molecule has 0 saturated carbocycles. The van der Waals surface area contributed by atoms with Crippen LogP contribution in [0.15, 0.2) is 24.3 Å². The first-order valence-corrected chi connectivity index (χ1v) is 7.40. The number of hydrogen-bond acceptors (Lipinski definition) is 3. The lowest BCUT2D eigenvalue weighted by molar-refractivity contribution is -0.117. The van der Waals surface area contributed by atoms with Crippen molar-refractivity contribution in [2.75, 3.05) is 39.0 Å². The van der Waals surface area contributed by atoms with E-state index in [0.717, 1.165) is 13.1 Å². The van der Waals surface area contributed by atoms with Crippen LogP contribution in [0, 0.1) is 0 Å². The fourth-order valence-corrected chi connectivity index (χ4v) is 2.51. The number of piperidine rings is 1. The molecule has 5 nitrogen and oxygen atoms in total. The Morgan fingerprint density at radius 3 is 2.57 bits per heavy atom. The summed E-state index contributed by atoms with van der Waals surface area (Å²) in [4.78, 5) is 27.6. The maximum absolute atomic E-state index is 12.0. The van der Waals surface area contributed by atoms with Crippen LogP contribution in [-0.2, 0) is 4.79 Å². The van der Waals surface area contributed by atoms with Crippen molar-refractivity contribution in [3.63, 3.8) is 0 Å². The van der Waals surface area contributed by atoms with Gasteiger partial charge in [-0.25, -0.2) is 0 Å². The van der Waals surface area contributed by atoms with Gasteiger partial charge in [-0.05, 0) is 44.1 Å². The first-order valence-electron chi connectivity index (χ1n) is 7.40. The van der Waals surface area contributed by atoms with E-state index in [2.05, 4.69) is 10.2 Å². The Morgan fingerprint density at radius 1 is 1.19 bits per heavy atom. The molecule has 1 aromatic rings. The fraction of sp³-hybridized carbons (Fsp3) is 0.500. The van der Waals surface area contributed by atoms with Gasteiger partial charge in [-0.3, -0.25) is 14.5 Å². The summed E-state index contributed by atoms with van der Waals surface area (Å²) < 4.78 is 0. The lowest BCUT2D eigenvalue weighted by Crippen LogP contribution is -2.36. The van der Waals surface area contributed by atoms with E-state index in [-0.39, 0.29) is 11.8 Å². The van der Waals surface area contributed by atoms with Gasteiger partial charge in [0.15, 0.2) is 0 Å². The Kier molecular flexibility index (Phi) is 5.33. The van der Waals surface area contributed by atoms with E-state index < -0.39 is 0 Å². The number of carbonyl (C=O) groups is 2. The lowest BCUT2D eigenvalue weighted by atomic mass is 10.1. The highest BCUT2D eigenvalue weighted by atomic mass is 16.2. The van der Waals surface area contributed by atoms with E-state index in [1.165, 1.54) is 24.2 Å². The maximum atomic E-state index is 12.0. The smallest absolute Gasteiger partial charge is 0.253 e. The highest BCUT2D eigenvalue weighted by Gasteiger charge is 2.14. The molecule has 0 radical (unpaired) electrons. The van der Waals surface area contributed by atoms with E-state index in [4.69, 9.17) is 0 Å².